The number of anilines is 3. The maximum Gasteiger partial charge on any atom is 0.294 e. The number of aliphatic imine (C=N–C) groups is 1. The second-order valence-corrected chi connectivity index (χ2v) is 10.9. The van der Waals surface area contributed by atoms with Crippen LogP contribution >= 0.6 is 0 Å². The number of aromatic nitrogens is 3. The van der Waals surface area contributed by atoms with Crippen LogP contribution in [0.25, 0.3) is 22.2 Å². The smallest absolute Gasteiger partial charge is 0.294 e. The van der Waals surface area contributed by atoms with Crippen molar-refractivity contribution < 1.29 is 4.92 Å². The number of hydrogen-bond acceptors (Lipinski definition) is 8. The molecular formula is C31H34N8O2. The molecule has 2 aromatic heterocycles. The normalized spacial score (nSPS) is 14.4. The van der Waals surface area contributed by atoms with Crippen molar-refractivity contribution in [1.29, 1.82) is 0 Å². The van der Waals surface area contributed by atoms with E-state index in [1.807, 2.05) is 49.3 Å². The number of aryl methyl sites for hydroxylation is 2. The monoisotopic (exact) mass is 550 g/mol. The van der Waals surface area contributed by atoms with Gasteiger partial charge in [-0.15, -0.1) is 0 Å². The first-order chi connectivity index (χ1) is 19.9. The number of nitrogens with zero attached hydrogens (tertiary/aromatic N) is 7. The first-order valence-corrected chi connectivity index (χ1v) is 14.0. The van der Waals surface area contributed by atoms with Crippen molar-refractivity contribution in [3.8, 4) is 11.3 Å². The van der Waals surface area contributed by atoms with Crippen LogP contribution in [0.15, 0.2) is 65.9 Å². The third-order valence-electron chi connectivity index (χ3n) is 7.78. The Morgan fingerprint density at radius 3 is 2.76 bits per heavy atom. The SMILES string of the molecule is CN(C)CCN(C)c1ccc(Nc2nccc(-c3c(C4=NC=CCC4)n4c5c(cccc35)CCC4)n2)cc1[N+](=O)[O-]. The van der Waals surface area contributed by atoms with Crippen molar-refractivity contribution in [2.45, 2.75) is 32.2 Å². The van der Waals surface area contributed by atoms with Gasteiger partial charge in [0.15, 0.2) is 0 Å². The van der Waals surface area contributed by atoms with E-state index in [0.717, 1.165) is 61.4 Å². The molecular weight excluding hydrogens is 516 g/mol. The third kappa shape index (κ3) is 5.18. The molecule has 0 saturated carbocycles. The fourth-order valence-electron chi connectivity index (χ4n) is 5.81. The van der Waals surface area contributed by atoms with Crippen LogP contribution in [0.4, 0.5) is 23.0 Å². The number of hydrogen-bond donors (Lipinski definition) is 1. The highest BCUT2D eigenvalue weighted by molar-refractivity contribution is 6.13. The molecule has 0 saturated heterocycles. The molecule has 2 aromatic carbocycles. The highest BCUT2D eigenvalue weighted by Crippen LogP contribution is 2.40. The highest BCUT2D eigenvalue weighted by atomic mass is 16.6. The number of benzene rings is 2. The van der Waals surface area contributed by atoms with Gasteiger partial charge in [-0.25, -0.2) is 9.97 Å². The Kier molecular flexibility index (Phi) is 7.23. The lowest BCUT2D eigenvalue weighted by molar-refractivity contribution is -0.384. The first kappa shape index (κ1) is 26.6. The van der Waals surface area contributed by atoms with Gasteiger partial charge in [0.2, 0.25) is 5.95 Å². The highest BCUT2D eigenvalue weighted by Gasteiger charge is 2.27. The molecule has 10 heteroatoms. The maximum absolute atomic E-state index is 12.0. The van der Waals surface area contributed by atoms with Gasteiger partial charge in [-0.3, -0.25) is 15.1 Å². The Labute approximate surface area is 239 Å². The minimum absolute atomic E-state index is 0.0343. The van der Waals surface area contributed by atoms with Crippen LogP contribution in [-0.2, 0) is 13.0 Å². The maximum atomic E-state index is 12.0. The molecule has 6 rings (SSSR count). The lowest BCUT2D eigenvalue weighted by Gasteiger charge is -2.21. The van der Waals surface area contributed by atoms with Crippen LogP contribution in [0.5, 0.6) is 0 Å². The van der Waals surface area contributed by atoms with Crippen LogP contribution in [0.3, 0.4) is 0 Å². The zero-order valence-corrected chi connectivity index (χ0v) is 23.7. The lowest BCUT2D eigenvalue weighted by atomic mass is 10.00. The van der Waals surface area contributed by atoms with Crippen molar-refractivity contribution in [2.24, 2.45) is 4.99 Å². The summed E-state index contributed by atoms with van der Waals surface area (Å²) in [5.41, 5.74) is 7.83. The van der Waals surface area contributed by atoms with Gasteiger partial charge in [-0.1, -0.05) is 24.3 Å². The molecule has 1 N–H and O–H groups in total. The topological polar surface area (TPSA) is 105 Å². The average molecular weight is 551 g/mol. The molecule has 41 heavy (non-hydrogen) atoms. The molecule has 10 nitrogen and oxygen atoms in total. The summed E-state index contributed by atoms with van der Waals surface area (Å²) in [6.45, 7) is 2.40. The minimum Gasteiger partial charge on any atom is -0.368 e. The van der Waals surface area contributed by atoms with E-state index in [0.29, 0.717) is 23.9 Å². The van der Waals surface area contributed by atoms with Crippen LogP contribution in [-0.4, -0.2) is 64.3 Å². The van der Waals surface area contributed by atoms with Crippen LogP contribution in [0, 0.1) is 10.1 Å². The van der Waals surface area contributed by atoms with Crippen molar-refractivity contribution in [3.63, 3.8) is 0 Å². The molecule has 0 spiro atoms. The molecule has 0 aliphatic carbocycles. The van der Waals surface area contributed by atoms with Gasteiger partial charge in [0.05, 0.1) is 27.5 Å². The van der Waals surface area contributed by atoms with E-state index < -0.39 is 0 Å². The zero-order chi connectivity index (χ0) is 28.5. The quantitative estimate of drug-likeness (QED) is 0.208. The second kappa shape index (κ2) is 11.1. The van der Waals surface area contributed by atoms with Gasteiger partial charge in [-0.2, -0.15) is 0 Å². The first-order valence-electron chi connectivity index (χ1n) is 14.0. The Morgan fingerprint density at radius 1 is 1.10 bits per heavy atom. The van der Waals surface area contributed by atoms with Gasteiger partial charge in [0.25, 0.3) is 5.69 Å². The predicted molar refractivity (Wildman–Crippen MR) is 164 cm³/mol. The molecule has 4 heterocycles. The number of allylic oxidation sites excluding steroid dienone is 1. The number of rotatable bonds is 9. The van der Waals surface area contributed by atoms with Crippen molar-refractivity contribution in [3.05, 3.63) is 82.3 Å². The van der Waals surface area contributed by atoms with Gasteiger partial charge in [-0.05, 0) is 63.5 Å². The van der Waals surface area contributed by atoms with Gasteiger partial charge in [0.1, 0.15) is 5.69 Å². The van der Waals surface area contributed by atoms with E-state index in [9.17, 15) is 10.1 Å². The molecule has 0 radical (unpaired) electrons. The van der Waals surface area contributed by atoms with Gasteiger partial charge < -0.3 is 19.7 Å². The van der Waals surface area contributed by atoms with E-state index in [1.165, 1.54) is 16.5 Å². The van der Waals surface area contributed by atoms with E-state index in [2.05, 4.69) is 39.1 Å². The predicted octanol–water partition coefficient (Wildman–Crippen LogP) is 5.79. The molecule has 210 valence electrons. The van der Waals surface area contributed by atoms with E-state index >= 15 is 0 Å². The van der Waals surface area contributed by atoms with Gasteiger partial charge >= 0.3 is 0 Å². The molecule has 0 fully saturated rings. The minimum atomic E-state index is -0.344. The summed E-state index contributed by atoms with van der Waals surface area (Å²) in [6.07, 6.45) is 9.73. The number of nitro groups is 1. The summed E-state index contributed by atoms with van der Waals surface area (Å²) in [5, 5.41) is 16.4. The third-order valence-corrected chi connectivity index (χ3v) is 7.78. The number of para-hydroxylation sites is 1. The average Bonchev–Trinajstić information content (AvgIpc) is 3.32. The Bertz CT molecular complexity index is 1690. The second-order valence-electron chi connectivity index (χ2n) is 10.9. The lowest BCUT2D eigenvalue weighted by Crippen LogP contribution is -2.28. The zero-order valence-electron chi connectivity index (χ0n) is 23.7. The number of nitro benzene ring substituents is 1. The number of likely N-dealkylation sites (N-methyl/N-ethyl adjacent to an activating group) is 2. The summed E-state index contributed by atoms with van der Waals surface area (Å²) < 4.78 is 2.42. The summed E-state index contributed by atoms with van der Waals surface area (Å²) in [4.78, 5) is 29.8. The Hall–Kier alpha value is -4.57. The van der Waals surface area contributed by atoms with Crippen molar-refractivity contribution >= 4 is 39.6 Å². The summed E-state index contributed by atoms with van der Waals surface area (Å²) in [5.74, 6) is 0.383. The fourth-order valence-corrected chi connectivity index (χ4v) is 5.81. The van der Waals surface area contributed by atoms with Gasteiger partial charge in [0, 0.05) is 61.8 Å². The summed E-state index contributed by atoms with van der Waals surface area (Å²) in [6, 6.07) is 13.6. The Morgan fingerprint density at radius 2 is 1.98 bits per heavy atom. The summed E-state index contributed by atoms with van der Waals surface area (Å²) in [7, 11) is 5.83. The van der Waals surface area contributed by atoms with Crippen molar-refractivity contribution in [1.82, 2.24) is 19.4 Å². The van der Waals surface area contributed by atoms with Crippen molar-refractivity contribution in [2.75, 3.05) is 44.4 Å². The molecule has 0 unspecified atom stereocenters. The molecule has 2 aliphatic rings. The summed E-state index contributed by atoms with van der Waals surface area (Å²) >= 11 is 0. The molecule has 0 amide bonds. The molecule has 4 aromatic rings. The fraction of sp³-hybridized carbons (Fsp3) is 0.323. The van der Waals surface area contributed by atoms with Crippen LogP contribution in [0.2, 0.25) is 0 Å². The Balaban J connectivity index is 1.39. The van der Waals surface area contributed by atoms with E-state index in [-0.39, 0.29) is 10.6 Å². The van der Waals surface area contributed by atoms with Crippen LogP contribution in [0.1, 0.15) is 30.5 Å². The molecule has 0 atom stereocenters. The van der Waals surface area contributed by atoms with Crippen LogP contribution < -0.4 is 10.2 Å². The molecule has 2 aliphatic heterocycles. The van der Waals surface area contributed by atoms with E-state index in [1.54, 1.807) is 18.3 Å². The molecule has 0 bridgehead atoms. The standard InChI is InChI=1S/C31H34N8O2/c1-36(2)18-19-37(3)26-13-12-22(20-27(26)39(40)41)34-31-33-16-14-24(35-31)28-23-10-6-8-21-9-7-17-38(29(21)23)30(28)25-11-4-5-15-32-25/h5-6,8,10,12-16,20H,4,7,9,11,17-19H2,1-3H3,(H,33,34,35). The largest absolute Gasteiger partial charge is 0.368 e. The van der Waals surface area contributed by atoms with E-state index in [4.69, 9.17) is 9.98 Å². The number of nitrogens with one attached hydrogen (secondary N) is 1.